The van der Waals surface area contributed by atoms with E-state index in [1.165, 1.54) is 0 Å². The number of hydrogen-bond acceptors (Lipinski definition) is 3. The molecule has 0 saturated carbocycles. The van der Waals surface area contributed by atoms with E-state index in [-0.39, 0.29) is 12.2 Å². The van der Waals surface area contributed by atoms with E-state index >= 15 is 0 Å². The molecule has 0 aromatic heterocycles. The molecule has 0 N–H and O–H groups in total. The zero-order chi connectivity index (χ0) is 13.7. The van der Waals surface area contributed by atoms with E-state index in [4.69, 9.17) is 10.00 Å². The van der Waals surface area contributed by atoms with Crippen LogP contribution in [0.15, 0.2) is 48.5 Å². The van der Waals surface area contributed by atoms with E-state index in [1.807, 2.05) is 37.3 Å². The summed E-state index contributed by atoms with van der Waals surface area (Å²) >= 11 is 0. The number of ether oxygens (including phenoxy) is 1. The predicted octanol–water partition coefficient (Wildman–Crippen LogP) is 3.88. The standard InChI is InChI=1S/C16H13NO2/c1-12-5-4-6-13(11-12)19-16-8-3-2-7-14(16)15(18)9-10-17/h2-8,11H,9H2,1H3. The first-order valence-corrected chi connectivity index (χ1v) is 5.94. The molecule has 19 heavy (non-hydrogen) atoms. The molecule has 0 spiro atoms. The van der Waals surface area contributed by atoms with Crippen molar-refractivity contribution in [2.45, 2.75) is 13.3 Å². The zero-order valence-electron chi connectivity index (χ0n) is 10.6. The summed E-state index contributed by atoms with van der Waals surface area (Å²) in [5.74, 6) is 0.927. The zero-order valence-corrected chi connectivity index (χ0v) is 10.6. The number of nitriles is 1. The third-order valence-corrected chi connectivity index (χ3v) is 2.64. The lowest BCUT2D eigenvalue weighted by molar-refractivity contribution is 0.0995. The first-order valence-electron chi connectivity index (χ1n) is 5.94. The smallest absolute Gasteiger partial charge is 0.180 e. The van der Waals surface area contributed by atoms with Gasteiger partial charge in [0.1, 0.15) is 11.5 Å². The Balaban J connectivity index is 2.30. The summed E-state index contributed by atoms with van der Waals surface area (Å²) in [6.07, 6.45) is -0.145. The molecule has 94 valence electrons. The summed E-state index contributed by atoms with van der Waals surface area (Å²) in [5, 5.41) is 8.60. The maximum absolute atomic E-state index is 11.8. The van der Waals surface area contributed by atoms with Gasteiger partial charge in [-0.15, -0.1) is 0 Å². The normalized spacial score (nSPS) is 9.68. The highest BCUT2D eigenvalue weighted by molar-refractivity contribution is 5.99. The maximum atomic E-state index is 11.8. The Morgan fingerprint density at radius 3 is 2.74 bits per heavy atom. The van der Waals surface area contributed by atoms with Crippen LogP contribution >= 0.6 is 0 Å². The monoisotopic (exact) mass is 251 g/mol. The first-order chi connectivity index (χ1) is 9.20. The Kier molecular flexibility index (Phi) is 3.94. The van der Waals surface area contributed by atoms with Gasteiger partial charge in [0, 0.05) is 0 Å². The SMILES string of the molecule is Cc1cccc(Oc2ccccc2C(=O)CC#N)c1. The third kappa shape index (κ3) is 3.20. The van der Waals surface area contributed by atoms with Crippen LogP contribution < -0.4 is 4.74 Å². The van der Waals surface area contributed by atoms with E-state index in [9.17, 15) is 4.79 Å². The number of carbonyl (C=O) groups excluding carboxylic acids is 1. The third-order valence-electron chi connectivity index (χ3n) is 2.64. The number of para-hydroxylation sites is 1. The second kappa shape index (κ2) is 5.83. The Bertz CT molecular complexity index is 641. The lowest BCUT2D eigenvalue weighted by Crippen LogP contribution is -2.00. The van der Waals surface area contributed by atoms with Crippen LogP contribution in [-0.4, -0.2) is 5.78 Å². The van der Waals surface area contributed by atoms with Crippen molar-refractivity contribution in [3.8, 4) is 17.6 Å². The summed E-state index contributed by atoms with van der Waals surface area (Å²) in [6.45, 7) is 1.97. The molecule has 0 amide bonds. The maximum Gasteiger partial charge on any atom is 0.180 e. The molecule has 0 fully saturated rings. The number of rotatable bonds is 4. The van der Waals surface area contributed by atoms with Crippen molar-refractivity contribution in [2.24, 2.45) is 0 Å². The molecule has 2 aromatic rings. The summed E-state index contributed by atoms with van der Waals surface area (Å²) in [6, 6.07) is 16.4. The predicted molar refractivity (Wildman–Crippen MR) is 72.3 cm³/mol. The van der Waals surface area contributed by atoms with Crippen LogP contribution in [-0.2, 0) is 0 Å². The summed E-state index contributed by atoms with van der Waals surface area (Å²) in [7, 11) is 0. The number of Topliss-reactive ketones (excluding diaryl/α,β-unsaturated/α-hetero) is 1. The van der Waals surface area contributed by atoms with Gasteiger partial charge >= 0.3 is 0 Å². The molecule has 0 aliphatic carbocycles. The van der Waals surface area contributed by atoms with Gasteiger partial charge in [0.05, 0.1) is 18.1 Å². The van der Waals surface area contributed by atoms with Crippen LogP contribution in [0, 0.1) is 18.3 Å². The minimum absolute atomic E-state index is 0.145. The highest BCUT2D eigenvalue weighted by Gasteiger charge is 2.12. The minimum atomic E-state index is -0.231. The van der Waals surface area contributed by atoms with E-state index in [2.05, 4.69) is 0 Å². The van der Waals surface area contributed by atoms with Gasteiger partial charge in [-0.1, -0.05) is 24.3 Å². The fourth-order valence-electron chi connectivity index (χ4n) is 1.76. The molecule has 2 aromatic carbocycles. The van der Waals surface area contributed by atoms with Crippen LogP contribution in [0.1, 0.15) is 22.3 Å². The Morgan fingerprint density at radius 1 is 1.21 bits per heavy atom. The highest BCUT2D eigenvalue weighted by Crippen LogP contribution is 2.26. The number of nitrogens with zero attached hydrogens (tertiary/aromatic N) is 1. The number of aryl methyl sites for hydroxylation is 1. The fraction of sp³-hybridized carbons (Fsp3) is 0.125. The van der Waals surface area contributed by atoms with E-state index in [0.29, 0.717) is 17.1 Å². The lowest BCUT2D eigenvalue weighted by Gasteiger charge is -2.09. The fourth-order valence-corrected chi connectivity index (χ4v) is 1.76. The van der Waals surface area contributed by atoms with Gasteiger partial charge in [-0.3, -0.25) is 4.79 Å². The quantitative estimate of drug-likeness (QED) is 0.775. The van der Waals surface area contributed by atoms with Crippen LogP contribution in [0.3, 0.4) is 0 Å². The molecule has 0 heterocycles. The molecule has 0 saturated heterocycles. The topological polar surface area (TPSA) is 50.1 Å². The van der Waals surface area contributed by atoms with Crippen molar-refractivity contribution in [1.29, 1.82) is 5.26 Å². The molecule has 3 heteroatoms. The molecule has 0 bridgehead atoms. The molecule has 2 rings (SSSR count). The average molecular weight is 251 g/mol. The molecule has 0 atom stereocenters. The van der Waals surface area contributed by atoms with Crippen molar-refractivity contribution in [3.63, 3.8) is 0 Å². The largest absolute Gasteiger partial charge is 0.457 e. The molecule has 0 radical (unpaired) electrons. The Morgan fingerprint density at radius 2 is 2.00 bits per heavy atom. The minimum Gasteiger partial charge on any atom is -0.457 e. The second-order valence-electron chi connectivity index (χ2n) is 4.17. The Labute approximate surface area is 112 Å². The molecule has 3 nitrogen and oxygen atoms in total. The van der Waals surface area contributed by atoms with Crippen LogP contribution in [0.25, 0.3) is 0 Å². The van der Waals surface area contributed by atoms with Gasteiger partial charge in [0.2, 0.25) is 0 Å². The van der Waals surface area contributed by atoms with Crippen LogP contribution in [0.2, 0.25) is 0 Å². The van der Waals surface area contributed by atoms with Crippen molar-refractivity contribution in [2.75, 3.05) is 0 Å². The first kappa shape index (κ1) is 12.8. The lowest BCUT2D eigenvalue weighted by atomic mass is 10.1. The second-order valence-corrected chi connectivity index (χ2v) is 4.17. The number of hydrogen-bond donors (Lipinski definition) is 0. The summed E-state index contributed by atoms with van der Waals surface area (Å²) in [4.78, 5) is 11.8. The van der Waals surface area contributed by atoms with Crippen molar-refractivity contribution < 1.29 is 9.53 Å². The van der Waals surface area contributed by atoms with Gasteiger partial charge in [0.25, 0.3) is 0 Å². The van der Waals surface area contributed by atoms with Crippen LogP contribution in [0.5, 0.6) is 11.5 Å². The highest BCUT2D eigenvalue weighted by atomic mass is 16.5. The average Bonchev–Trinajstić information content (AvgIpc) is 2.39. The van der Waals surface area contributed by atoms with E-state index in [0.717, 1.165) is 5.56 Å². The summed E-state index contributed by atoms with van der Waals surface area (Å²) in [5.41, 5.74) is 1.52. The van der Waals surface area contributed by atoms with Gasteiger partial charge in [-0.2, -0.15) is 5.26 Å². The number of benzene rings is 2. The molecule has 0 unspecified atom stereocenters. The number of ketones is 1. The van der Waals surface area contributed by atoms with Gasteiger partial charge < -0.3 is 4.74 Å². The number of carbonyl (C=O) groups is 1. The van der Waals surface area contributed by atoms with Crippen LogP contribution in [0.4, 0.5) is 0 Å². The molecular weight excluding hydrogens is 238 g/mol. The molecule has 0 aliphatic rings. The van der Waals surface area contributed by atoms with Crippen molar-refractivity contribution in [1.82, 2.24) is 0 Å². The molecule has 0 aliphatic heterocycles. The van der Waals surface area contributed by atoms with E-state index < -0.39 is 0 Å². The molecular formula is C16H13NO2. The van der Waals surface area contributed by atoms with Crippen molar-refractivity contribution >= 4 is 5.78 Å². The van der Waals surface area contributed by atoms with Gasteiger partial charge in [-0.05, 0) is 36.8 Å². The van der Waals surface area contributed by atoms with Gasteiger partial charge in [-0.25, -0.2) is 0 Å². The van der Waals surface area contributed by atoms with E-state index in [1.54, 1.807) is 24.3 Å². The van der Waals surface area contributed by atoms with Gasteiger partial charge in [0.15, 0.2) is 5.78 Å². The van der Waals surface area contributed by atoms with Crippen molar-refractivity contribution in [3.05, 3.63) is 59.7 Å². The Hall–Kier alpha value is -2.60. The summed E-state index contributed by atoms with van der Waals surface area (Å²) < 4.78 is 5.73.